The van der Waals surface area contributed by atoms with Gasteiger partial charge in [-0.15, -0.1) is 5.10 Å². The van der Waals surface area contributed by atoms with Crippen LogP contribution in [0.2, 0.25) is 0 Å². The molecule has 7 heteroatoms. The van der Waals surface area contributed by atoms with Gasteiger partial charge in [0.15, 0.2) is 11.5 Å². The first-order chi connectivity index (χ1) is 14.2. The van der Waals surface area contributed by atoms with Crippen LogP contribution in [0.5, 0.6) is 5.75 Å². The van der Waals surface area contributed by atoms with Crippen LogP contribution in [0, 0.1) is 13.8 Å². The molecular formula is C22H20N6O. The summed E-state index contributed by atoms with van der Waals surface area (Å²) in [5, 5.41) is 5.67. The lowest BCUT2D eigenvalue weighted by molar-refractivity contribution is 0.416. The topological polar surface area (TPSA) is 70.1 Å². The Hall–Kier alpha value is -3.74. The summed E-state index contributed by atoms with van der Waals surface area (Å²) < 4.78 is 9.43. The second-order valence-corrected chi connectivity index (χ2v) is 7.00. The third kappa shape index (κ3) is 2.74. The van der Waals surface area contributed by atoms with Gasteiger partial charge < -0.3 is 9.30 Å². The lowest BCUT2D eigenvalue weighted by atomic mass is 10.2. The number of pyridine rings is 1. The normalized spacial score (nSPS) is 11.4. The number of rotatable bonds is 4. The first kappa shape index (κ1) is 17.4. The number of fused-ring (bicyclic) bond motifs is 3. The van der Waals surface area contributed by atoms with Crippen molar-refractivity contribution >= 4 is 16.7 Å². The van der Waals surface area contributed by atoms with Gasteiger partial charge in [0.05, 0.1) is 24.6 Å². The number of aryl methyl sites for hydroxylation is 1. The van der Waals surface area contributed by atoms with Gasteiger partial charge in [-0.1, -0.05) is 18.2 Å². The molecule has 0 fully saturated rings. The predicted molar refractivity (Wildman–Crippen MR) is 111 cm³/mol. The Morgan fingerprint density at radius 2 is 1.90 bits per heavy atom. The van der Waals surface area contributed by atoms with Crippen LogP contribution in [0.1, 0.15) is 16.8 Å². The highest BCUT2D eigenvalue weighted by atomic mass is 16.5. The number of para-hydroxylation sites is 1. The monoisotopic (exact) mass is 384 g/mol. The molecule has 4 aromatic heterocycles. The maximum absolute atomic E-state index is 5.48. The molecule has 0 saturated carbocycles. The van der Waals surface area contributed by atoms with E-state index < -0.39 is 0 Å². The number of ether oxygens (including phenoxy) is 1. The summed E-state index contributed by atoms with van der Waals surface area (Å²) in [5.41, 5.74) is 5.99. The van der Waals surface area contributed by atoms with E-state index in [-0.39, 0.29) is 0 Å². The molecular weight excluding hydrogens is 364 g/mol. The van der Waals surface area contributed by atoms with Crippen molar-refractivity contribution in [3.8, 4) is 17.1 Å². The fourth-order valence-electron chi connectivity index (χ4n) is 3.74. The Labute approximate surface area is 167 Å². The highest BCUT2D eigenvalue weighted by Gasteiger charge is 2.19. The second kappa shape index (κ2) is 6.70. The molecule has 29 heavy (non-hydrogen) atoms. The predicted octanol–water partition coefficient (Wildman–Crippen LogP) is 3.81. The molecule has 0 amide bonds. The van der Waals surface area contributed by atoms with Gasteiger partial charge in [-0.3, -0.25) is 4.98 Å². The summed E-state index contributed by atoms with van der Waals surface area (Å²) in [6, 6.07) is 11.8. The van der Waals surface area contributed by atoms with Crippen molar-refractivity contribution in [2.75, 3.05) is 7.11 Å². The average Bonchev–Trinajstić information content (AvgIpc) is 3.29. The Bertz CT molecular complexity index is 1340. The van der Waals surface area contributed by atoms with E-state index in [1.165, 1.54) is 0 Å². The fourth-order valence-corrected chi connectivity index (χ4v) is 3.74. The van der Waals surface area contributed by atoms with E-state index in [0.29, 0.717) is 12.4 Å². The molecule has 0 radical (unpaired) electrons. The third-order valence-electron chi connectivity index (χ3n) is 5.36. The SMILES string of the molecule is COc1ccccc1-c1nc2c3c(C)c(C)n(Cc4cccnc4)c3ncn2n1. The maximum atomic E-state index is 5.48. The van der Waals surface area contributed by atoms with Crippen molar-refractivity contribution < 1.29 is 4.74 Å². The van der Waals surface area contributed by atoms with Crippen molar-refractivity contribution in [3.63, 3.8) is 0 Å². The molecule has 0 aliphatic carbocycles. The molecule has 5 aromatic rings. The molecule has 0 spiro atoms. The maximum Gasteiger partial charge on any atom is 0.185 e. The van der Waals surface area contributed by atoms with Crippen LogP contribution in [-0.2, 0) is 6.54 Å². The molecule has 4 heterocycles. The van der Waals surface area contributed by atoms with E-state index in [2.05, 4.69) is 34.6 Å². The largest absolute Gasteiger partial charge is 0.496 e. The lowest BCUT2D eigenvalue weighted by Crippen LogP contribution is -2.03. The highest BCUT2D eigenvalue weighted by Crippen LogP contribution is 2.31. The number of methoxy groups -OCH3 is 1. The van der Waals surface area contributed by atoms with E-state index in [9.17, 15) is 0 Å². The first-order valence-corrected chi connectivity index (χ1v) is 9.40. The van der Waals surface area contributed by atoms with Gasteiger partial charge in [-0.25, -0.2) is 14.5 Å². The van der Waals surface area contributed by atoms with E-state index >= 15 is 0 Å². The van der Waals surface area contributed by atoms with Crippen LogP contribution >= 0.6 is 0 Å². The first-order valence-electron chi connectivity index (χ1n) is 9.40. The molecule has 144 valence electrons. The van der Waals surface area contributed by atoms with Crippen LogP contribution in [0.25, 0.3) is 28.1 Å². The summed E-state index contributed by atoms with van der Waals surface area (Å²) >= 11 is 0. The van der Waals surface area contributed by atoms with E-state index in [4.69, 9.17) is 14.7 Å². The van der Waals surface area contributed by atoms with Crippen molar-refractivity contribution in [2.45, 2.75) is 20.4 Å². The smallest absolute Gasteiger partial charge is 0.185 e. The number of benzene rings is 1. The molecule has 0 atom stereocenters. The van der Waals surface area contributed by atoms with E-state index in [1.54, 1.807) is 24.1 Å². The quantitative estimate of drug-likeness (QED) is 0.471. The van der Waals surface area contributed by atoms with Gasteiger partial charge in [0.25, 0.3) is 0 Å². The van der Waals surface area contributed by atoms with Gasteiger partial charge in [0, 0.05) is 18.1 Å². The van der Waals surface area contributed by atoms with Crippen LogP contribution in [-0.4, -0.2) is 36.2 Å². The zero-order valence-corrected chi connectivity index (χ0v) is 16.5. The standard InChI is InChI=1S/C22H20N6O/c1-14-15(2)27(12-16-7-6-10-23-11-16)21-19(14)22-25-20(26-28(22)13-24-21)17-8-4-5-9-18(17)29-3/h4-11,13H,12H2,1-3H3. The molecule has 5 rings (SSSR count). The second-order valence-electron chi connectivity index (χ2n) is 7.00. The summed E-state index contributed by atoms with van der Waals surface area (Å²) in [6.45, 7) is 4.93. The van der Waals surface area contributed by atoms with Gasteiger partial charge in [0.1, 0.15) is 17.7 Å². The Balaban J connectivity index is 1.71. The minimum absolute atomic E-state index is 0.619. The summed E-state index contributed by atoms with van der Waals surface area (Å²) in [5.74, 6) is 1.36. The van der Waals surface area contributed by atoms with Crippen LogP contribution in [0.15, 0.2) is 55.1 Å². The van der Waals surface area contributed by atoms with Gasteiger partial charge in [-0.05, 0) is 43.2 Å². The van der Waals surface area contributed by atoms with E-state index in [1.807, 2.05) is 36.5 Å². The molecule has 0 unspecified atom stereocenters. The zero-order valence-electron chi connectivity index (χ0n) is 16.5. The molecule has 0 bridgehead atoms. The molecule has 0 N–H and O–H groups in total. The molecule has 1 aromatic carbocycles. The number of hydrogen-bond donors (Lipinski definition) is 0. The van der Waals surface area contributed by atoms with Crippen molar-refractivity contribution in [3.05, 3.63) is 71.9 Å². The molecule has 0 aliphatic heterocycles. The summed E-state index contributed by atoms with van der Waals surface area (Å²) in [4.78, 5) is 13.8. The number of hydrogen-bond acceptors (Lipinski definition) is 5. The zero-order chi connectivity index (χ0) is 20.0. The minimum Gasteiger partial charge on any atom is -0.496 e. The Morgan fingerprint density at radius 1 is 1.03 bits per heavy atom. The minimum atomic E-state index is 0.619. The van der Waals surface area contributed by atoms with Gasteiger partial charge in [-0.2, -0.15) is 0 Å². The van der Waals surface area contributed by atoms with Crippen LogP contribution < -0.4 is 4.74 Å². The van der Waals surface area contributed by atoms with Crippen molar-refractivity contribution in [1.82, 2.24) is 29.1 Å². The van der Waals surface area contributed by atoms with Crippen LogP contribution in [0.4, 0.5) is 0 Å². The summed E-state index contributed by atoms with van der Waals surface area (Å²) in [6.07, 6.45) is 5.39. The van der Waals surface area contributed by atoms with Gasteiger partial charge >= 0.3 is 0 Å². The Morgan fingerprint density at radius 3 is 2.69 bits per heavy atom. The molecule has 7 nitrogen and oxygen atoms in total. The fraction of sp³-hybridized carbons (Fsp3) is 0.182. The average molecular weight is 384 g/mol. The third-order valence-corrected chi connectivity index (χ3v) is 5.36. The molecule has 0 aliphatic rings. The van der Waals surface area contributed by atoms with E-state index in [0.717, 1.165) is 44.8 Å². The number of aromatic nitrogens is 6. The number of nitrogens with zero attached hydrogens (tertiary/aromatic N) is 6. The highest BCUT2D eigenvalue weighted by molar-refractivity contribution is 5.94. The summed E-state index contributed by atoms with van der Waals surface area (Å²) in [7, 11) is 1.65. The lowest BCUT2D eigenvalue weighted by Gasteiger charge is -2.07. The van der Waals surface area contributed by atoms with Crippen LogP contribution in [0.3, 0.4) is 0 Å². The molecule has 0 saturated heterocycles. The van der Waals surface area contributed by atoms with Crippen molar-refractivity contribution in [1.29, 1.82) is 0 Å². The van der Waals surface area contributed by atoms with Crippen molar-refractivity contribution in [2.24, 2.45) is 0 Å². The van der Waals surface area contributed by atoms with Gasteiger partial charge in [0.2, 0.25) is 0 Å². The Kier molecular flexibility index (Phi) is 4.01.